The summed E-state index contributed by atoms with van der Waals surface area (Å²) in [5.41, 5.74) is 2.76. The highest BCUT2D eigenvalue weighted by molar-refractivity contribution is 6.00. The fraction of sp³-hybridized carbons (Fsp3) is 0.167. The van der Waals surface area contributed by atoms with Crippen LogP contribution in [0.25, 0.3) is 10.9 Å². The minimum absolute atomic E-state index is 0.184. The van der Waals surface area contributed by atoms with Gasteiger partial charge in [-0.15, -0.1) is 0 Å². The monoisotopic (exact) mass is 322 g/mol. The fourth-order valence-electron chi connectivity index (χ4n) is 2.54. The first kappa shape index (κ1) is 15.7. The zero-order chi connectivity index (χ0) is 16.9. The first-order valence-corrected chi connectivity index (χ1v) is 7.71. The van der Waals surface area contributed by atoms with Gasteiger partial charge in [0.1, 0.15) is 11.4 Å². The van der Waals surface area contributed by atoms with Gasteiger partial charge in [-0.3, -0.25) is 14.6 Å². The van der Waals surface area contributed by atoms with Crippen molar-refractivity contribution >= 4 is 22.7 Å². The molecule has 0 radical (unpaired) electrons. The van der Waals surface area contributed by atoms with Crippen LogP contribution in [0.15, 0.2) is 48.7 Å². The van der Waals surface area contributed by atoms with Crippen LogP contribution in [0.2, 0.25) is 0 Å². The van der Waals surface area contributed by atoms with Gasteiger partial charge in [0.05, 0.1) is 0 Å². The van der Waals surface area contributed by atoms with Gasteiger partial charge in [-0.1, -0.05) is 24.3 Å². The number of nitrogens with one attached hydrogen (secondary N) is 3. The molecule has 0 spiro atoms. The van der Waals surface area contributed by atoms with E-state index in [9.17, 15) is 9.59 Å². The molecule has 1 aromatic carbocycles. The molecule has 0 unspecified atom stereocenters. The van der Waals surface area contributed by atoms with Gasteiger partial charge in [0.15, 0.2) is 0 Å². The van der Waals surface area contributed by atoms with Crippen LogP contribution in [-0.4, -0.2) is 34.9 Å². The lowest BCUT2D eigenvalue weighted by Crippen LogP contribution is -2.35. The van der Waals surface area contributed by atoms with Crippen molar-refractivity contribution in [3.05, 3.63) is 65.6 Å². The molecule has 3 rings (SSSR count). The van der Waals surface area contributed by atoms with Crippen LogP contribution in [0.5, 0.6) is 0 Å². The molecular weight excluding hydrogens is 304 g/mol. The second-order valence-electron chi connectivity index (χ2n) is 5.40. The Morgan fingerprint density at radius 3 is 2.42 bits per heavy atom. The molecule has 0 aliphatic heterocycles. The predicted molar refractivity (Wildman–Crippen MR) is 91.9 cm³/mol. The Morgan fingerprint density at radius 2 is 1.71 bits per heavy atom. The molecule has 0 saturated carbocycles. The van der Waals surface area contributed by atoms with Crippen molar-refractivity contribution in [2.24, 2.45) is 0 Å². The van der Waals surface area contributed by atoms with E-state index in [-0.39, 0.29) is 11.8 Å². The summed E-state index contributed by atoms with van der Waals surface area (Å²) in [5, 5.41) is 6.56. The van der Waals surface area contributed by atoms with Crippen molar-refractivity contribution in [3.63, 3.8) is 0 Å². The van der Waals surface area contributed by atoms with E-state index in [0.29, 0.717) is 24.5 Å². The molecule has 6 heteroatoms. The first-order chi connectivity index (χ1) is 11.7. The standard InChI is InChI=1S/C18H18N4O2/c1-12-13-6-2-3-7-14(13)22-16(12)18(24)21-11-10-20-17(23)15-8-4-5-9-19-15/h2-9,22H,10-11H2,1H3,(H,20,23)(H,21,24). The summed E-state index contributed by atoms with van der Waals surface area (Å²) in [6.45, 7) is 2.59. The quantitative estimate of drug-likeness (QED) is 0.628. The third-order valence-electron chi connectivity index (χ3n) is 3.79. The van der Waals surface area contributed by atoms with Crippen LogP contribution in [-0.2, 0) is 0 Å². The van der Waals surface area contributed by atoms with Crippen LogP contribution in [0.4, 0.5) is 0 Å². The number of aryl methyl sites for hydroxylation is 1. The summed E-state index contributed by atoms with van der Waals surface area (Å²) >= 11 is 0. The van der Waals surface area contributed by atoms with E-state index in [2.05, 4.69) is 20.6 Å². The summed E-state index contributed by atoms with van der Waals surface area (Å²) in [6, 6.07) is 12.9. The molecule has 0 atom stereocenters. The number of H-pyrrole nitrogens is 1. The lowest BCUT2D eigenvalue weighted by Gasteiger charge is -2.06. The van der Waals surface area contributed by atoms with Gasteiger partial charge in [0, 0.05) is 30.2 Å². The molecule has 3 aromatic rings. The van der Waals surface area contributed by atoms with Gasteiger partial charge in [0.25, 0.3) is 11.8 Å². The maximum absolute atomic E-state index is 12.3. The highest BCUT2D eigenvalue weighted by Crippen LogP contribution is 2.20. The summed E-state index contributed by atoms with van der Waals surface area (Å²) in [6.07, 6.45) is 1.56. The maximum atomic E-state index is 12.3. The number of fused-ring (bicyclic) bond motifs is 1. The Hall–Kier alpha value is -3.15. The van der Waals surface area contributed by atoms with Gasteiger partial charge in [-0.05, 0) is 30.7 Å². The number of hydrogen-bond donors (Lipinski definition) is 3. The summed E-state index contributed by atoms with van der Waals surface area (Å²) in [4.78, 5) is 31.2. The van der Waals surface area contributed by atoms with E-state index in [1.54, 1.807) is 24.4 Å². The number of aromatic amines is 1. The predicted octanol–water partition coefficient (Wildman–Crippen LogP) is 2.03. The molecule has 2 aromatic heterocycles. The number of para-hydroxylation sites is 1. The zero-order valence-electron chi connectivity index (χ0n) is 13.3. The number of hydrogen-bond acceptors (Lipinski definition) is 3. The molecule has 0 bridgehead atoms. The smallest absolute Gasteiger partial charge is 0.269 e. The van der Waals surface area contributed by atoms with E-state index in [1.165, 1.54) is 0 Å². The average Bonchev–Trinajstić information content (AvgIpc) is 2.96. The van der Waals surface area contributed by atoms with Gasteiger partial charge >= 0.3 is 0 Å². The normalized spacial score (nSPS) is 10.5. The number of benzene rings is 1. The van der Waals surface area contributed by atoms with Crippen LogP contribution < -0.4 is 10.6 Å². The molecule has 2 heterocycles. The third kappa shape index (κ3) is 3.27. The van der Waals surface area contributed by atoms with Gasteiger partial charge < -0.3 is 15.6 Å². The van der Waals surface area contributed by atoms with Crippen molar-refractivity contribution in [3.8, 4) is 0 Å². The Bertz CT molecular complexity index is 871. The van der Waals surface area contributed by atoms with Crippen molar-refractivity contribution in [2.75, 3.05) is 13.1 Å². The van der Waals surface area contributed by atoms with E-state index in [4.69, 9.17) is 0 Å². The number of pyridine rings is 1. The second-order valence-corrected chi connectivity index (χ2v) is 5.40. The van der Waals surface area contributed by atoms with Gasteiger partial charge in [-0.2, -0.15) is 0 Å². The van der Waals surface area contributed by atoms with Gasteiger partial charge in [-0.25, -0.2) is 0 Å². The lowest BCUT2D eigenvalue weighted by atomic mass is 10.1. The molecular formula is C18H18N4O2. The summed E-state index contributed by atoms with van der Waals surface area (Å²) in [5.74, 6) is -0.442. The van der Waals surface area contributed by atoms with Gasteiger partial charge in [0.2, 0.25) is 0 Å². The third-order valence-corrected chi connectivity index (χ3v) is 3.79. The van der Waals surface area contributed by atoms with Crippen molar-refractivity contribution < 1.29 is 9.59 Å². The number of amides is 2. The van der Waals surface area contributed by atoms with Crippen LogP contribution in [0.1, 0.15) is 26.5 Å². The summed E-state index contributed by atoms with van der Waals surface area (Å²) < 4.78 is 0. The SMILES string of the molecule is Cc1c(C(=O)NCCNC(=O)c2ccccn2)[nH]c2ccccc12. The molecule has 2 amide bonds. The highest BCUT2D eigenvalue weighted by Gasteiger charge is 2.14. The van der Waals surface area contributed by atoms with Crippen LogP contribution in [0.3, 0.4) is 0 Å². The lowest BCUT2D eigenvalue weighted by molar-refractivity contribution is 0.0923. The van der Waals surface area contributed by atoms with Crippen LogP contribution in [0, 0.1) is 6.92 Å². The van der Waals surface area contributed by atoms with Crippen molar-refractivity contribution in [1.29, 1.82) is 0 Å². The van der Waals surface area contributed by atoms with E-state index < -0.39 is 0 Å². The Balaban J connectivity index is 1.54. The largest absolute Gasteiger partial charge is 0.350 e. The fourth-order valence-corrected chi connectivity index (χ4v) is 2.54. The zero-order valence-corrected chi connectivity index (χ0v) is 13.3. The van der Waals surface area contributed by atoms with E-state index in [1.807, 2.05) is 31.2 Å². The number of aromatic nitrogens is 2. The maximum Gasteiger partial charge on any atom is 0.269 e. The second kappa shape index (κ2) is 6.95. The topological polar surface area (TPSA) is 86.9 Å². The number of rotatable bonds is 5. The molecule has 3 N–H and O–H groups in total. The van der Waals surface area contributed by atoms with E-state index in [0.717, 1.165) is 16.5 Å². The highest BCUT2D eigenvalue weighted by atomic mass is 16.2. The number of carbonyl (C=O) groups excluding carboxylic acids is 2. The Labute approximate surface area is 139 Å². The minimum atomic E-state index is -0.258. The summed E-state index contributed by atoms with van der Waals surface area (Å²) in [7, 11) is 0. The molecule has 122 valence electrons. The average molecular weight is 322 g/mol. The molecule has 0 aliphatic carbocycles. The number of nitrogens with zero attached hydrogens (tertiary/aromatic N) is 1. The molecule has 0 saturated heterocycles. The number of carbonyl (C=O) groups is 2. The molecule has 24 heavy (non-hydrogen) atoms. The molecule has 0 fully saturated rings. The Kier molecular flexibility index (Phi) is 4.56. The Morgan fingerprint density at radius 1 is 1.00 bits per heavy atom. The minimum Gasteiger partial charge on any atom is -0.350 e. The molecule has 0 aliphatic rings. The van der Waals surface area contributed by atoms with E-state index >= 15 is 0 Å². The van der Waals surface area contributed by atoms with Crippen LogP contribution >= 0.6 is 0 Å². The van der Waals surface area contributed by atoms with Crippen molar-refractivity contribution in [2.45, 2.75) is 6.92 Å². The molecule has 6 nitrogen and oxygen atoms in total. The van der Waals surface area contributed by atoms with Crippen molar-refractivity contribution in [1.82, 2.24) is 20.6 Å². The first-order valence-electron chi connectivity index (χ1n) is 7.71.